The van der Waals surface area contributed by atoms with Crippen LogP contribution in [0, 0.1) is 0 Å². The first-order valence-corrected chi connectivity index (χ1v) is 6.70. The van der Waals surface area contributed by atoms with Gasteiger partial charge in [0.05, 0.1) is 0 Å². The van der Waals surface area contributed by atoms with Gasteiger partial charge in [0.15, 0.2) is 0 Å². The zero-order chi connectivity index (χ0) is 13.2. The Morgan fingerprint density at radius 2 is 1.94 bits per heavy atom. The Kier molecular flexibility index (Phi) is 7.11. The van der Waals surface area contributed by atoms with E-state index in [2.05, 4.69) is 6.92 Å². The molecule has 3 nitrogen and oxygen atoms in total. The van der Waals surface area contributed by atoms with E-state index in [1.54, 1.807) is 0 Å². The summed E-state index contributed by atoms with van der Waals surface area (Å²) in [6.07, 6.45) is 3.10. The molecule has 0 aromatic heterocycles. The maximum absolute atomic E-state index is 12.0. The number of benzene rings is 1. The number of rotatable bonds is 8. The van der Waals surface area contributed by atoms with Gasteiger partial charge in [-0.25, -0.2) is 0 Å². The summed E-state index contributed by atoms with van der Waals surface area (Å²) in [4.78, 5) is 13.9. The van der Waals surface area contributed by atoms with Crippen molar-refractivity contribution in [1.29, 1.82) is 0 Å². The molecule has 0 unspecified atom stereocenters. The van der Waals surface area contributed by atoms with E-state index in [1.165, 1.54) is 0 Å². The number of carbonyl (C=O) groups is 1. The molecule has 0 bridgehead atoms. The predicted molar refractivity (Wildman–Crippen MR) is 73.1 cm³/mol. The van der Waals surface area contributed by atoms with Gasteiger partial charge < -0.3 is 10.0 Å². The van der Waals surface area contributed by atoms with Crippen LogP contribution in [0.15, 0.2) is 30.3 Å². The highest BCUT2D eigenvalue weighted by Crippen LogP contribution is 2.08. The predicted octanol–water partition coefficient (Wildman–Crippen LogP) is 2.59. The zero-order valence-corrected chi connectivity index (χ0v) is 11.1. The number of aliphatic hydroxyl groups excluding tert-OH is 1. The van der Waals surface area contributed by atoms with E-state index in [9.17, 15) is 4.79 Å². The van der Waals surface area contributed by atoms with Gasteiger partial charge in [0, 0.05) is 26.1 Å². The second-order valence-electron chi connectivity index (χ2n) is 4.48. The Morgan fingerprint density at radius 1 is 1.22 bits per heavy atom. The molecule has 0 fully saturated rings. The normalized spacial score (nSPS) is 10.3. The molecule has 1 aromatic carbocycles. The second-order valence-corrected chi connectivity index (χ2v) is 4.48. The molecular formula is C15H23NO2. The molecule has 1 rings (SSSR count). The fourth-order valence-electron chi connectivity index (χ4n) is 1.83. The fourth-order valence-corrected chi connectivity index (χ4v) is 1.83. The first-order valence-electron chi connectivity index (χ1n) is 6.70. The fraction of sp³-hybridized carbons (Fsp3) is 0.533. The Bertz CT molecular complexity index is 338. The first-order chi connectivity index (χ1) is 8.77. The van der Waals surface area contributed by atoms with Crippen LogP contribution in [0.1, 0.15) is 38.2 Å². The Hall–Kier alpha value is -1.35. The van der Waals surface area contributed by atoms with E-state index in [0.717, 1.165) is 24.9 Å². The van der Waals surface area contributed by atoms with Crippen molar-refractivity contribution < 1.29 is 9.90 Å². The van der Waals surface area contributed by atoms with Gasteiger partial charge in [-0.2, -0.15) is 0 Å². The Balaban J connectivity index is 2.57. The lowest BCUT2D eigenvalue weighted by Crippen LogP contribution is -2.31. The third-order valence-corrected chi connectivity index (χ3v) is 2.90. The number of hydrogen-bond donors (Lipinski definition) is 1. The van der Waals surface area contributed by atoms with Gasteiger partial charge in [0.25, 0.3) is 0 Å². The molecule has 0 heterocycles. The van der Waals surface area contributed by atoms with Crippen molar-refractivity contribution in [3.8, 4) is 0 Å². The molecule has 1 amide bonds. The van der Waals surface area contributed by atoms with Crippen LogP contribution in [0.2, 0.25) is 0 Å². The second kappa shape index (κ2) is 8.70. The topological polar surface area (TPSA) is 40.5 Å². The van der Waals surface area contributed by atoms with Crippen LogP contribution in [-0.2, 0) is 11.3 Å². The maximum Gasteiger partial charge on any atom is 0.222 e. The molecule has 3 heteroatoms. The number of amides is 1. The molecule has 0 aliphatic rings. The minimum Gasteiger partial charge on any atom is -0.396 e. The summed E-state index contributed by atoms with van der Waals surface area (Å²) in [6.45, 7) is 3.68. The number of hydrogen-bond acceptors (Lipinski definition) is 2. The van der Waals surface area contributed by atoms with E-state index < -0.39 is 0 Å². The molecule has 0 saturated heterocycles. The van der Waals surface area contributed by atoms with Crippen LogP contribution in [0.4, 0.5) is 0 Å². The van der Waals surface area contributed by atoms with Gasteiger partial charge in [-0.1, -0.05) is 43.7 Å². The summed E-state index contributed by atoms with van der Waals surface area (Å²) < 4.78 is 0. The average molecular weight is 249 g/mol. The summed E-state index contributed by atoms with van der Waals surface area (Å²) in [6, 6.07) is 10.0. The standard InChI is InChI=1S/C15H23NO2/c1-2-3-11-16(15(18)10-7-12-17)13-14-8-5-4-6-9-14/h4-6,8-9,17H,2-3,7,10-13H2,1H3. The van der Waals surface area contributed by atoms with E-state index in [-0.39, 0.29) is 12.5 Å². The average Bonchev–Trinajstić information content (AvgIpc) is 2.42. The van der Waals surface area contributed by atoms with Crippen LogP contribution in [0.25, 0.3) is 0 Å². The van der Waals surface area contributed by atoms with Gasteiger partial charge in [0.1, 0.15) is 0 Å². The van der Waals surface area contributed by atoms with Crippen molar-refractivity contribution in [2.45, 2.75) is 39.2 Å². The van der Waals surface area contributed by atoms with Gasteiger partial charge in [0.2, 0.25) is 5.91 Å². The van der Waals surface area contributed by atoms with Crippen molar-refractivity contribution in [2.24, 2.45) is 0 Å². The van der Waals surface area contributed by atoms with Crippen molar-refractivity contribution in [2.75, 3.05) is 13.2 Å². The van der Waals surface area contributed by atoms with E-state index >= 15 is 0 Å². The molecule has 0 aliphatic heterocycles. The SMILES string of the molecule is CCCCN(Cc1ccccc1)C(=O)CCCO. The Labute approximate surface area is 109 Å². The highest BCUT2D eigenvalue weighted by atomic mass is 16.3. The largest absolute Gasteiger partial charge is 0.396 e. The number of unbranched alkanes of at least 4 members (excludes halogenated alkanes) is 1. The summed E-state index contributed by atoms with van der Waals surface area (Å²) in [7, 11) is 0. The van der Waals surface area contributed by atoms with Crippen molar-refractivity contribution in [1.82, 2.24) is 4.90 Å². The molecule has 1 N–H and O–H groups in total. The molecule has 100 valence electrons. The molecule has 0 saturated carbocycles. The van der Waals surface area contributed by atoms with Gasteiger partial charge in [-0.3, -0.25) is 4.79 Å². The highest BCUT2D eigenvalue weighted by Gasteiger charge is 2.12. The van der Waals surface area contributed by atoms with Crippen molar-refractivity contribution >= 4 is 5.91 Å². The van der Waals surface area contributed by atoms with Crippen LogP contribution in [0.3, 0.4) is 0 Å². The van der Waals surface area contributed by atoms with Crippen LogP contribution in [0.5, 0.6) is 0 Å². The maximum atomic E-state index is 12.0. The van der Waals surface area contributed by atoms with Crippen LogP contribution >= 0.6 is 0 Å². The van der Waals surface area contributed by atoms with Crippen LogP contribution in [-0.4, -0.2) is 29.1 Å². The first kappa shape index (κ1) is 14.7. The molecule has 1 aromatic rings. The minimum absolute atomic E-state index is 0.0820. The molecule has 0 aliphatic carbocycles. The van der Waals surface area contributed by atoms with E-state index in [0.29, 0.717) is 19.4 Å². The summed E-state index contributed by atoms with van der Waals surface area (Å²) in [5, 5.41) is 8.79. The number of aliphatic hydroxyl groups is 1. The molecule has 18 heavy (non-hydrogen) atoms. The van der Waals surface area contributed by atoms with E-state index in [4.69, 9.17) is 5.11 Å². The summed E-state index contributed by atoms with van der Waals surface area (Å²) in [5.41, 5.74) is 1.16. The van der Waals surface area contributed by atoms with Crippen LogP contribution < -0.4 is 0 Å². The third-order valence-electron chi connectivity index (χ3n) is 2.90. The smallest absolute Gasteiger partial charge is 0.222 e. The van der Waals surface area contributed by atoms with Crippen molar-refractivity contribution in [3.05, 3.63) is 35.9 Å². The third kappa shape index (κ3) is 5.32. The van der Waals surface area contributed by atoms with Gasteiger partial charge in [-0.05, 0) is 18.4 Å². The molecular weight excluding hydrogens is 226 g/mol. The van der Waals surface area contributed by atoms with Gasteiger partial charge in [-0.15, -0.1) is 0 Å². The molecule has 0 spiro atoms. The van der Waals surface area contributed by atoms with Crippen molar-refractivity contribution in [3.63, 3.8) is 0 Å². The Morgan fingerprint density at radius 3 is 2.56 bits per heavy atom. The summed E-state index contributed by atoms with van der Waals surface area (Å²) in [5.74, 6) is 0.140. The van der Waals surface area contributed by atoms with E-state index in [1.807, 2.05) is 35.2 Å². The van der Waals surface area contributed by atoms with Gasteiger partial charge >= 0.3 is 0 Å². The molecule has 0 atom stereocenters. The molecule has 0 radical (unpaired) electrons. The lowest BCUT2D eigenvalue weighted by Gasteiger charge is -2.22. The lowest BCUT2D eigenvalue weighted by atomic mass is 10.2. The quantitative estimate of drug-likeness (QED) is 0.769. The zero-order valence-electron chi connectivity index (χ0n) is 11.1. The highest BCUT2D eigenvalue weighted by molar-refractivity contribution is 5.76. The minimum atomic E-state index is 0.0820. The lowest BCUT2D eigenvalue weighted by molar-refractivity contribution is -0.132. The number of carbonyl (C=O) groups excluding carboxylic acids is 1. The summed E-state index contributed by atoms with van der Waals surface area (Å²) >= 11 is 0. The monoisotopic (exact) mass is 249 g/mol. The number of nitrogens with zero attached hydrogens (tertiary/aromatic N) is 1.